The van der Waals surface area contributed by atoms with Crippen molar-refractivity contribution in [1.82, 2.24) is 0 Å². The van der Waals surface area contributed by atoms with Crippen molar-refractivity contribution in [3.05, 3.63) is 35.4 Å². The lowest BCUT2D eigenvalue weighted by Crippen LogP contribution is -2.45. The van der Waals surface area contributed by atoms with Gasteiger partial charge in [-0.05, 0) is 38.8 Å². The van der Waals surface area contributed by atoms with Gasteiger partial charge in [-0.2, -0.15) is 13.2 Å². The third kappa shape index (κ3) is 5.84. The first-order valence-electron chi connectivity index (χ1n) is 7.18. The van der Waals surface area contributed by atoms with E-state index in [9.17, 15) is 27.9 Å². The first kappa shape index (κ1) is 20.0. The summed E-state index contributed by atoms with van der Waals surface area (Å²) < 4.78 is 43.1. The van der Waals surface area contributed by atoms with Crippen LogP contribution in [0.2, 0.25) is 0 Å². The highest BCUT2D eigenvalue weighted by molar-refractivity contribution is 5.95. The molecule has 0 fully saturated rings. The maximum atomic E-state index is 12.7. The number of hydrogen-bond donors (Lipinski definition) is 2. The number of carbonyl (C=O) groups is 2. The van der Waals surface area contributed by atoms with E-state index in [-0.39, 0.29) is 12.0 Å². The number of nitrogens with two attached hydrogens (primary N) is 1. The number of hydrogen-bond acceptors (Lipinski definition) is 4. The third-order valence-electron chi connectivity index (χ3n) is 3.08. The molecule has 0 saturated heterocycles. The van der Waals surface area contributed by atoms with Crippen molar-refractivity contribution in [3.63, 3.8) is 0 Å². The van der Waals surface area contributed by atoms with Crippen LogP contribution in [-0.4, -0.2) is 28.7 Å². The number of carboxylic acids is 1. The van der Waals surface area contributed by atoms with Crippen LogP contribution >= 0.6 is 0 Å². The van der Waals surface area contributed by atoms with Crippen molar-refractivity contribution in [2.45, 2.75) is 45.0 Å². The number of alkyl halides is 3. The Balaban J connectivity index is 2.96. The minimum Gasteiger partial charge on any atom is -0.481 e. The van der Waals surface area contributed by atoms with Crippen LogP contribution in [-0.2, 0) is 26.9 Å². The Morgan fingerprint density at radius 3 is 2.29 bits per heavy atom. The average Bonchev–Trinajstić information content (AvgIpc) is 2.35. The maximum Gasteiger partial charge on any atom is 0.416 e. The van der Waals surface area contributed by atoms with Crippen LogP contribution in [0.1, 0.15) is 31.9 Å². The Labute approximate surface area is 137 Å². The highest BCUT2D eigenvalue weighted by atomic mass is 19.4. The van der Waals surface area contributed by atoms with Gasteiger partial charge in [0.1, 0.15) is 5.60 Å². The Hall–Kier alpha value is -2.09. The first-order valence-corrected chi connectivity index (χ1v) is 7.18. The zero-order valence-corrected chi connectivity index (χ0v) is 13.6. The summed E-state index contributed by atoms with van der Waals surface area (Å²) in [5, 5.41) is 9.21. The van der Waals surface area contributed by atoms with E-state index in [4.69, 9.17) is 10.5 Å². The number of rotatable bonds is 5. The molecule has 5 nitrogen and oxygen atoms in total. The second-order valence-corrected chi connectivity index (χ2v) is 6.42. The van der Waals surface area contributed by atoms with Gasteiger partial charge in [0.25, 0.3) is 0 Å². The van der Waals surface area contributed by atoms with Crippen LogP contribution in [0, 0.1) is 5.92 Å². The van der Waals surface area contributed by atoms with Crippen LogP contribution in [0.3, 0.4) is 0 Å². The van der Waals surface area contributed by atoms with Gasteiger partial charge in [-0.25, -0.2) is 0 Å². The number of carboxylic acid groups (broad SMARTS) is 1. The predicted octanol–water partition coefficient (Wildman–Crippen LogP) is 2.62. The van der Waals surface area contributed by atoms with E-state index in [1.807, 2.05) is 0 Å². The Kier molecular flexibility index (Phi) is 5.99. The molecule has 1 rings (SSSR count). The third-order valence-corrected chi connectivity index (χ3v) is 3.08. The fourth-order valence-electron chi connectivity index (χ4n) is 2.09. The van der Waals surface area contributed by atoms with Crippen LogP contribution in [0.15, 0.2) is 24.3 Å². The molecule has 134 valence electrons. The first-order chi connectivity index (χ1) is 10.8. The molecule has 24 heavy (non-hydrogen) atoms. The second-order valence-electron chi connectivity index (χ2n) is 6.42. The summed E-state index contributed by atoms with van der Waals surface area (Å²) in [6.07, 6.45) is -4.72. The van der Waals surface area contributed by atoms with Gasteiger partial charge in [0.2, 0.25) is 0 Å². The molecule has 0 aliphatic carbocycles. The molecule has 0 spiro atoms. The molecule has 0 radical (unpaired) electrons. The number of ether oxygens (including phenoxy) is 1. The van der Waals surface area contributed by atoms with E-state index < -0.39 is 41.2 Å². The molecule has 2 atom stereocenters. The summed E-state index contributed by atoms with van der Waals surface area (Å²) >= 11 is 0. The van der Waals surface area contributed by atoms with Gasteiger partial charge in [-0.15, -0.1) is 0 Å². The molecule has 1 aromatic rings. The Morgan fingerprint density at radius 2 is 1.83 bits per heavy atom. The summed E-state index contributed by atoms with van der Waals surface area (Å²) in [7, 11) is 0. The quantitative estimate of drug-likeness (QED) is 0.631. The van der Waals surface area contributed by atoms with Crippen molar-refractivity contribution in [1.29, 1.82) is 0 Å². The lowest BCUT2D eigenvalue weighted by atomic mass is 9.93. The number of esters is 1. The van der Waals surface area contributed by atoms with Crippen molar-refractivity contribution >= 4 is 11.9 Å². The van der Waals surface area contributed by atoms with Gasteiger partial charge in [0.15, 0.2) is 5.92 Å². The van der Waals surface area contributed by atoms with Gasteiger partial charge in [0, 0.05) is 6.04 Å². The van der Waals surface area contributed by atoms with Crippen LogP contribution in [0.5, 0.6) is 0 Å². The van der Waals surface area contributed by atoms with E-state index in [0.717, 1.165) is 12.1 Å². The number of benzene rings is 1. The molecular weight excluding hydrogens is 327 g/mol. The topological polar surface area (TPSA) is 89.6 Å². The molecule has 0 bridgehead atoms. The van der Waals surface area contributed by atoms with Crippen LogP contribution < -0.4 is 5.73 Å². The Bertz CT molecular complexity index is 608. The summed E-state index contributed by atoms with van der Waals surface area (Å²) in [4.78, 5) is 23.3. The van der Waals surface area contributed by atoms with Crippen molar-refractivity contribution < 1.29 is 32.6 Å². The van der Waals surface area contributed by atoms with E-state index >= 15 is 0 Å². The van der Waals surface area contributed by atoms with Gasteiger partial charge >= 0.3 is 18.1 Å². The maximum absolute atomic E-state index is 12.7. The van der Waals surface area contributed by atoms with Crippen molar-refractivity contribution in [2.24, 2.45) is 11.7 Å². The highest BCUT2D eigenvalue weighted by Crippen LogP contribution is 2.30. The number of carbonyl (C=O) groups excluding carboxylic acids is 1. The monoisotopic (exact) mass is 347 g/mol. The molecule has 3 N–H and O–H groups in total. The van der Waals surface area contributed by atoms with Gasteiger partial charge in [-0.1, -0.05) is 18.2 Å². The summed E-state index contributed by atoms with van der Waals surface area (Å²) in [6.45, 7) is 4.71. The molecule has 0 unspecified atom stereocenters. The zero-order chi connectivity index (χ0) is 18.7. The van der Waals surface area contributed by atoms with Crippen molar-refractivity contribution in [3.8, 4) is 0 Å². The lowest BCUT2D eigenvalue weighted by Gasteiger charge is -2.25. The van der Waals surface area contributed by atoms with Gasteiger partial charge in [0.05, 0.1) is 5.56 Å². The Morgan fingerprint density at radius 1 is 1.25 bits per heavy atom. The molecule has 1 aromatic carbocycles. The molecule has 0 amide bonds. The van der Waals surface area contributed by atoms with E-state index in [2.05, 4.69) is 0 Å². The largest absolute Gasteiger partial charge is 0.481 e. The number of aliphatic carboxylic acids is 1. The summed E-state index contributed by atoms with van der Waals surface area (Å²) in [5.74, 6) is -4.17. The average molecular weight is 347 g/mol. The van der Waals surface area contributed by atoms with E-state index in [1.54, 1.807) is 20.8 Å². The molecule has 8 heteroatoms. The lowest BCUT2D eigenvalue weighted by molar-refractivity contribution is -0.167. The zero-order valence-electron chi connectivity index (χ0n) is 13.6. The highest BCUT2D eigenvalue weighted by Gasteiger charge is 2.37. The van der Waals surface area contributed by atoms with E-state index in [0.29, 0.717) is 0 Å². The minimum absolute atomic E-state index is 0.187. The van der Waals surface area contributed by atoms with Crippen molar-refractivity contribution in [2.75, 3.05) is 0 Å². The number of halogens is 3. The van der Waals surface area contributed by atoms with Crippen LogP contribution in [0.25, 0.3) is 0 Å². The smallest absolute Gasteiger partial charge is 0.416 e. The standard InChI is InChI=1S/C16H20F3NO4/c1-15(2,3)24-14(23)12(13(21)22)11(20)8-9-5-4-6-10(7-9)16(17,18)19/h4-7,11-12H,8,20H2,1-3H3,(H,21,22)/t11-,12-/m1/s1. The summed E-state index contributed by atoms with van der Waals surface area (Å²) in [6, 6.07) is 3.16. The van der Waals surface area contributed by atoms with E-state index in [1.165, 1.54) is 12.1 Å². The van der Waals surface area contributed by atoms with Crippen LogP contribution in [0.4, 0.5) is 13.2 Å². The van der Waals surface area contributed by atoms with Gasteiger partial charge in [-0.3, -0.25) is 9.59 Å². The molecular formula is C16H20F3NO4. The molecule has 0 aromatic heterocycles. The predicted molar refractivity (Wildman–Crippen MR) is 80.1 cm³/mol. The fraction of sp³-hybridized carbons (Fsp3) is 0.500. The molecule has 0 saturated carbocycles. The SMILES string of the molecule is CC(C)(C)OC(=O)[C@@H](C(=O)O)[C@H](N)Cc1cccc(C(F)(F)F)c1. The molecule has 0 heterocycles. The summed E-state index contributed by atoms with van der Waals surface area (Å²) in [5.41, 5.74) is 4.19. The fourth-order valence-corrected chi connectivity index (χ4v) is 2.09. The second kappa shape index (κ2) is 7.21. The minimum atomic E-state index is -4.52. The van der Waals surface area contributed by atoms with Gasteiger partial charge < -0.3 is 15.6 Å². The molecule has 0 aliphatic rings. The molecule has 0 aliphatic heterocycles. The normalized spacial score (nSPS) is 14.8.